The lowest BCUT2D eigenvalue weighted by Crippen LogP contribution is -2.40. The molecule has 6 heteroatoms. The van der Waals surface area contributed by atoms with Crippen LogP contribution in [0.1, 0.15) is 41.0 Å². The van der Waals surface area contributed by atoms with Gasteiger partial charge in [0, 0.05) is 25.4 Å². The van der Waals surface area contributed by atoms with Crippen LogP contribution in [0.15, 0.2) is 17.3 Å². The van der Waals surface area contributed by atoms with Crippen molar-refractivity contribution in [2.24, 2.45) is 0 Å². The molecule has 0 aliphatic carbocycles. The maximum atomic E-state index is 12.5. The van der Waals surface area contributed by atoms with Gasteiger partial charge in [0.05, 0.1) is 17.6 Å². The van der Waals surface area contributed by atoms with Crippen LogP contribution in [0.4, 0.5) is 16.2 Å². The first-order valence-electron chi connectivity index (χ1n) is 8.24. The van der Waals surface area contributed by atoms with Gasteiger partial charge in [-0.3, -0.25) is 4.90 Å². The Bertz CT molecular complexity index is 557. The number of fused-ring (bicyclic) bond motifs is 1. The summed E-state index contributed by atoms with van der Waals surface area (Å²) in [5.41, 5.74) is 1.43. The molecule has 1 aromatic heterocycles. The molecule has 0 spiro atoms. The third-order valence-corrected chi connectivity index (χ3v) is 4.49. The molecular formula is C17H27N3O2S. The predicted octanol–water partition coefficient (Wildman–Crippen LogP) is 4.17. The molecule has 1 aliphatic rings. The van der Waals surface area contributed by atoms with E-state index in [1.807, 2.05) is 27.0 Å². The van der Waals surface area contributed by atoms with Crippen LogP contribution in [0, 0.1) is 0 Å². The summed E-state index contributed by atoms with van der Waals surface area (Å²) >= 11 is 1.69. The molecule has 1 aromatic rings. The van der Waals surface area contributed by atoms with Crippen molar-refractivity contribution >= 4 is 29.2 Å². The van der Waals surface area contributed by atoms with E-state index >= 15 is 0 Å². The molecule has 0 fully saturated rings. The second-order valence-electron chi connectivity index (χ2n) is 6.58. The highest BCUT2D eigenvalue weighted by molar-refractivity contribution is 7.99. The van der Waals surface area contributed by atoms with E-state index in [9.17, 15) is 4.79 Å². The summed E-state index contributed by atoms with van der Waals surface area (Å²) in [7, 11) is 0. The lowest BCUT2D eigenvalue weighted by Gasteiger charge is -2.32. The van der Waals surface area contributed by atoms with E-state index in [4.69, 9.17) is 4.74 Å². The van der Waals surface area contributed by atoms with Crippen LogP contribution >= 0.6 is 11.8 Å². The Kier molecular flexibility index (Phi) is 5.79. The van der Waals surface area contributed by atoms with Gasteiger partial charge in [0.25, 0.3) is 0 Å². The first-order chi connectivity index (χ1) is 10.9. The van der Waals surface area contributed by atoms with Crippen LogP contribution in [-0.2, 0) is 4.74 Å². The Balaban J connectivity index is 2.30. The van der Waals surface area contributed by atoms with Gasteiger partial charge in [-0.2, -0.15) is 0 Å². The fourth-order valence-corrected chi connectivity index (χ4v) is 3.42. The molecule has 0 atom stereocenters. The molecule has 0 radical (unpaired) electrons. The molecule has 0 saturated heterocycles. The number of rotatable bonds is 4. The largest absolute Gasteiger partial charge is 0.443 e. The highest BCUT2D eigenvalue weighted by Crippen LogP contribution is 2.36. The second-order valence-corrected chi connectivity index (χ2v) is 7.66. The molecule has 0 saturated carbocycles. The third kappa shape index (κ3) is 4.53. The molecule has 0 bridgehead atoms. The molecule has 23 heavy (non-hydrogen) atoms. The number of carbonyl (C=O) groups is 1. The molecule has 2 rings (SSSR count). The van der Waals surface area contributed by atoms with Crippen LogP contribution in [0.2, 0.25) is 0 Å². The van der Waals surface area contributed by atoms with Crippen LogP contribution in [0.3, 0.4) is 0 Å². The van der Waals surface area contributed by atoms with Gasteiger partial charge in [-0.25, -0.2) is 9.78 Å². The summed E-state index contributed by atoms with van der Waals surface area (Å²) in [5.74, 6) is 0.838. The molecule has 0 N–H and O–H groups in total. The smallest absolute Gasteiger partial charge is 0.414 e. The van der Waals surface area contributed by atoms with Crippen molar-refractivity contribution in [2.45, 2.75) is 51.7 Å². The minimum Gasteiger partial charge on any atom is -0.443 e. The monoisotopic (exact) mass is 337 g/mol. The molecule has 2 heterocycles. The number of hydrogen-bond donors (Lipinski definition) is 0. The Morgan fingerprint density at radius 1 is 1.43 bits per heavy atom. The minimum atomic E-state index is -0.495. The first-order valence-corrected chi connectivity index (χ1v) is 9.22. The number of amides is 1. The summed E-state index contributed by atoms with van der Waals surface area (Å²) < 4.78 is 5.54. The molecule has 0 unspecified atom stereocenters. The van der Waals surface area contributed by atoms with E-state index in [-0.39, 0.29) is 6.09 Å². The minimum absolute atomic E-state index is 0.295. The van der Waals surface area contributed by atoms with Crippen molar-refractivity contribution in [2.75, 3.05) is 35.2 Å². The van der Waals surface area contributed by atoms with Gasteiger partial charge >= 0.3 is 6.09 Å². The predicted molar refractivity (Wildman–Crippen MR) is 96.7 cm³/mol. The number of thioether (sulfide) groups is 1. The number of hydrogen-bond acceptors (Lipinski definition) is 5. The van der Waals surface area contributed by atoms with E-state index in [1.165, 1.54) is 0 Å². The average molecular weight is 337 g/mol. The van der Waals surface area contributed by atoms with E-state index < -0.39 is 5.60 Å². The highest BCUT2D eigenvalue weighted by Gasteiger charge is 2.29. The SMILES string of the molecule is CCCN(CC)c1cnc2c(c1)N(C(=O)OC(C)(C)C)CCS2. The number of carbonyl (C=O) groups excluding carboxylic acids is 1. The number of anilines is 2. The van der Waals surface area contributed by atoms with Crippen molar-refractivity contribution in [3.63, 3.8) is 0 Å². The zero-order valence-electron chi connectivity index (χ0n) is 14.8. The van der Waals surface area contributed by atoms with Gasteiger partial charge in [-0.1, -0.05) is 6.92 Å². The van der Waals surface area contributed by atoms with Gasteiger partial charge in [0.2, 0.25) is 0 Å². The van der Waals surface area contributed by atoms with E-state index in [1.54, 1.807) is 16.7 Å². The molecule has 5 nitrogen and oxygen atoms in total. The van der Waals surface area contributed by atoms with Gasteiger partial charge < -0.3 is 9.64 Å². The Hall–Kier alpha value is -1.43. The van der Waals surface area contributed by atoms with Gasteiger partial charge in [-0.05, 0) is 40.2 Å². The van der Waals surface area contributed by atoms with Crippen molar-refractivity contribution < 1.29 is 9.53 Å². The van der Waals surface area contributed by atoms with Crippen molar-refractivity contribution in [1.29, 1.82) is 0 Å². The summed E-state index contributed by atoms with van der Waals surface area (Å²) in [5, 5.41) is 0.901. The zero-order chi connectivity index (χ0) is 17.0. The molecule has 128 valence electrons. The van der Waals surface area contributed by atoms with Crippen molar-refractivity contribution in [1.82, 2.24) is 4.98 Å². The average Bonchev–Trinajstić information content (AvgIpc) is 2.49. The highest BCUT2D eigenvalue weighted by atomic mass is 32.2. The van der Waals surface area contributed by atoms with Gasteiger partial charge in [0.15, 0.2) is 0 Å². The lowest BCUT2D eigenvalue weighted by atomic mass is 10.2. The topological polar surface area (TPSA) is 45.7 Å². The van der Waals surface area contributed by atoms with Crippen LogP contribution in [-0.4, -0.2) is 42.1 Å². The summed E-state index contributed by atoms with van der Waals surface area (Å²) in [6.45, 7) is 12.5. The van der Waals surface area contributed by atoms with Crippen LogP contribution < -0.4 is 9.80 Å². The van der Waals surface area contributed by atoms with Gasteiger partial charge in [-0.15, -0.1) is 11.8 Å². The Labute approximate surface area is 143 Å². The molecule has 1 amide bonds. The van der Waals surface area contributed by atoms with Gasteiger partial charge in [0.1, 0.15) is 10.6 Å². The maximum Gasteiger partial charge on any atom is 0.414 e. The van der Waals surface area contributed by atoms with E-state index in [0.717, 1.165) is 41.7 Å². The summed E-state index contributed by atoms with van der Waals surface area (Å²) in [4.78, 5) is 21.1. The quantitative estimate of drug-likeness (QED) is 0.825. The lowest BCUT2D eigenvalue weighted by molar-refractivity contribution is 0.0581. The summed E-state index contributed by atoms with van der Waals surface area (Å²) in [6.07, 6.45) is 2.69. The van der Waals surface area contributed by atoms with Crippen molar-refractivity contribution in [3.8, 4) is 0 Å². The fraction of sp³-hybridized carbons (Fsp3) is 0.647. The normalized spacial score (nSPS) is 14.4. The third-order valence-electron chi connectivity index (χ3n) is 3.52. The number of aromatic nitrogens is 1. The number of nitrogens with zero attached hydrogens (tertiary/aromatic N) is 3. The molecular weight excluding hydrogens is 310 g/mol. The molecule has 0 aromatic carbocycles. The van der Waals surface area contributed by atoms with Crippen LogP contribution in [0.5, 0.6) is 0 Å². The Morgan fingerprint density at radius 3 is 2.78 bits per heavy atom. The van der Waals surface area contributed by atoms with E-state index in [2.05, 4.69) is 29.8 Å². The molecule has 1 aliphatic heterocycles. The number of ether oxygens (including phenoxy) is 1. The van der Waals surface area contributed by atoms with Crippen LogP contribution in [0.25, 0.3) is 0 Å². The maximum absolute atomic E-state index is 12.5. The first kappa shape index (κ1) is 17.9. The Morgan fingerprint density at radius 2 is 2.17 bits per heavy atom. The number of pyridine rings is 1. The van der Waals surface area contributed by atoms with Crippen molar-refractivity contribution in [3.05, 3.63) is 12.3 Å². The fourth-order valence-electron chi connectivity index (χ4n) is 2.51. The second kappa shape index (κ2) is 7.43. The zero-order valence-corrected chi connectivity index (χ0v) is 15.6. The van der Waals surface area contributed by atoms with E-state index in [0.29, 0.717) is 6.54 Å². The summed E-state index contributed by atoms with van der Waals surface area (Å²) in [6, 6.07) is 2.07. The standard InChI is InChI=1S/C17H27N3O2S/c1-6-8-19(7-2)13-11-14-15(18-12-13)23-10-9-20(14)16(21)22-17(3,4)5/h11-12H,6-10H2,1-5H3.